The molecule has 0 aliphatic heterocycles. The van der Waals surface area contributed by atoms with Crippen molar-refractivity contribution in [2.75, 3.05) is 25.1 Å². The van der Waals surface area contributed by atoms with Gasteiger partial charge in [-0.1, -0.05) is 26.7 Å². The molecule has 0 aliphatic carbocycles. The van der Waals surface area contributed by atoms with E-state index in [0.717, 1.165) is 43.7 Å². The van der Waals surface area contributed by atoms with Crippen LogP contribution in [0.3, 0.4) is 0 Å². The van der Waals surface area contributed by atoms with E-state index >= 15 is 0 Å². The second kappa shape index (κ2) is 9.82. The van der Waals surface area contributed by atoms with E-state index in [1.165, 1.54) is 19.3 Å². The minimum absolute atomic E-state index is 0.499. The molecule has 0 aromatic carbocycles. The predicted molar refractivity (Wildman–Crippen MR) is 90.0 cm³/mol. The fraction of sp³-hybridized carbons (Fsp3) is 0.824. The minimum Gasteiger partial charge on any atom is -0.382 e. The molecule has 1 aromatic heterocycles. The zero-order valence-electron chi connectivity index (χ0n) is 14.5. The molecule has 21 heavy (non-hydrogen) atoms. The van der Waals surface area contributed by atoms with Gasteiger partial charge in [-0.05, 0) is 39.5 Å². The molecule has 0 saturated heterocycles. The Hall–Kier alpha value is -1.03. The highest BCUT2D eigenvalue weighted by atomic mass is 16.5. The van der Waals surface area contributed by atoms with Gasteiger partial charge in [-0.25, -0.2) is 4.98 Å². The van der Waals surface area contributed by atoms with Gasteiger partial charge < -0.3 is 14.6 Å². The van der Waals surface area contributed by atoms with Crippen LogP contribution in [0, 0.1) is 12.8 Å². The van der Waals surface area contributed by atoms with Gasteiger partial charge in [0.1, 0.15) is 0 Å². The maximum absolute atomic E-state index is 5.36. The molecular formula is C17H33N3O. The lowest BCUT2D eigenvalue weighted by atomic mass is 10.0. The first kappa shape index (κ1) is 18.0. The Morgan fingerprint density at radius 3 is 2.67 bits per heavy atom. The zero-order valence-corrected chi connectivity index (χ0v) is 14.5. The number of nitrogens with zero attached hydrogens (tertiary/aromatic N) is 2. The molecule has 4 heteroatoms. The summed E-state index contributed by atoms with van der Waals surface area (Å²) in [6, 6.07) is 0.499. The summed E-state index contributed by atoms with van der Waals surface area (Å²) in [5, 5.41) is 3.44. The lowest BCUT2D eigenvalue weighted by molar-refractivity contribution is 0.147. The Bertz CT molecular complexity index is 387. The summed E-state index contributed by atoms with van der Waals surface area (Å²) >= 11 is 0. The first-order valence-corrected chi connectivity index (χ1v) is 8.41. The number of imidazole rings is 1. The van der Waals surface area contributed by atoms with E-state index < -0.39 is 0 Å². The monoisotopic (exact) mass is 295 g/mol. The van der Waals surface area contributed by atoms with Gasteiger partial charge in [0, 0.05) is 32.0 Å². The average molecular weight is 295 g/mol. The van der Waals surface area contributed by atoms with E-state index in [1.54, 1.807) is 0 Å². The molecule has 1 unspecified atom stereocenters. The fourth-order valence-electron chi connectivity index (χ4n) is 2.46. The normalized spacial score (nSPS) is 12.9. The van der Waals surface area contributed by atoms with Gasteiger partial charge in [-0.3, -0.25) is 0 Å². The summed E-state index contributed by atoms with van der Waals surface area (Å²) in [5.41, 5.74) is 1.08. The summed E-state index contributed by atoms with van der Waals surface area (Å²) in [6.07, 6.45) is 6.96. The summed E-state index contributed by atoms with van der Waals surface area (Å²) in [5.74, 6) is 1.79. The molecule has 1 heterocycles. The second-order valence-corrected chi connectivity index (χ2v) is 6.26. The third kappa shape index (κ3) is 6.98. The molecule has 0 spiro atoms. The van der Waals surface area contributed by atoms with Crippen LogP contribution in [0.4, 0.5) is 5.95 Å². The van der Waals surface area contributed by atoms with E-state index in [9.17, 15) is 0 Å². The van der Waals surface area contributed by atoms with Crippen LogP contribution in [0.5, 0.6) is 0 Å². The number of aromatic nitrogens is 2. The average Bonchev–Trinajstić information content (AvgIpc) is 2.79. The second-order valence-electron chi connectivity index (χ2n) is 6.26. The largest absolute Gasteiger partial charge is 0.382 e. The van der Waals surface area contributed by atoms with E-state index in [0.29, 0.717) is 6.04 Å². The zero-order chi connectivity index (χ0) is 15.7. The van der Waals surface area contributed by atoms with Gasteiger partial charge >= 0.3 is 0 Å². The number of aryl methyl sites for hydroxylation is 1. The Labute approximate surface area is 130 Å². The summed E-state index contributed by atoms with van der Waals surface area (Å²) in [6.45, 7) is 13.5. The quantitative estimate of drug-likeness (QED) is 0.614. The van der Waals surface area contributed by atoms with Crippen LogP contribution in [0.15, 0.2) is 6.20 Å². The molecular weight excluding hydrogens is 262 g/mol. The Kier molecular flexibility index (Phi) is 8.43. The minimum atomic E-state index is 0.499. The number of rotatable bonds is 11. The van der Waals surface area contributed by atoms with Crippen molar-refractivity contribution in [3.05, 3.63) is 11.9 Å². The van der Waals surface area contributed by atoms with Crippen LogP contribution in [-0.4, -0.2) is 29.3 Å². The van der Waals surface area contributed by atoms with Crippen molar-refractivity contribution in [2.45, 2.75) is 66.3 Å². The van der Waals surface area contributed by atoms with Gasteiger partial charge in [0.25, 0.3) is 0 Å². The summed E-state index contributed by atoms with van der Waals surface area (Å²) in [4.78, 5) is 4.60. The van der Waals surface area contributed by atoms with Crippen molar-refractivity contribution in [1.29, 1.82) is 0 Å². The van der Waals surface area contributed by atoms with Gasteiger partial charge in [0.05, 0.1) is 5.69 Å². The molecule has 1 atom stereocenters. The number of nitrogens with one attached hydrogen (secondary N) is 1. The molecule has 0 amide bonds. The van der Waals surface area contributed by atoms with E-state index in [2.05, 4.69) is 48.8 Å². The Morgan fingerprint density at radius 1 is 1.24 bits per heavy atom. The number of ether oxygens (including phenoxy) is 1. The first-order chi connectivity index (χ1) is 10.0. The van der Waals surface area contributed by atoms with Crippen molar-refractivity contribution in [2.24, 2.45) is 5.92 Å². The first-order valence-electron chi connectivity index (χ1n) is 8.41. The highest BCUT2D eigenvalue weighted by Gasteiger charge is 2.11. The predicted octanol–water partition coefficient (Wildman–Crippen LogP) is 4.42. The SMILES string of the molecule is CCOCCCNc1nc(C)cn1C(C)CCCC(C)C. The highest BCUT2D eigenvalue weighted by Crippen LogP contribution is 2.21. The van der Waals surface area contributed by atoms with Crippen LogP contribution >= 0.6 is 0 Å². The van der Waals surface area contributed by atoms with Crippen LogP contribution in [0.25, 0.3) is 0 Å². The van der Waals surface area contributed by atoms with Crippen molar-refractivity contribution in [1.82, 2.24) is 9.55 Å². The van der Waals surface area contributed by atoms with Crippen molar-refractivity contribution < 1.29 is 4.74 Å². The van der Waals surface area contributed by atoms with Gasteiger partial charge in [-0.2, -0.15) is 0 Å². The maximum atomic E-state index is 5.36. The van der Waals surface area contributed by atoms with Gasteiger partial charge in [0.15, 0.2) is 0 Å². The van der Waals surface area contributed by atoms with E-state index in [4.69, 9.17) is 4.74 Å². The third-order valence-electron chi connectivity index (χ3n) is 3.68. The number of hydrogen-bond acceptors (Lipinski definition) is 3. The standard InChI is InChI=1S/C17H33N3O/c1-6-21-12-8-11-18-17-19-15(4)13-20(17)16(5)10-7-9-14(2)3/h13-14,16H,6-12H2,1-5H3,(H,18,19). The van der Waals surface area contributed by atoms with Crippen molar-refractivity contribution in [3.63, 3.8) is 0 Å². The fourth-order valence-corrected chi connectivity index (χ4v) is 2.46. The van der Waals surface area contributed by atoms with Gasteiger partial charge in [0.2, 0.25) is 5.95 Å². The maximum Gasteiger partial charge on any atom is 0.203 e. The molecule has 1 N–H and O–H groups in total. The molecule has 0 aliphatic rings. The summed E-state index contributed by atoms with van der Waals surface area (Å²) < 4.78 is 7.65. The van der Waals surface area contributed by atoms with Crippen LogP contribution in [0.2, 0.25) is 0 Å². The third-order valence-corrected chi connectivity index (χ3v) is 3.68. The van der Waals surface area contributed by atoms with Crippen LogP contribution in [0.1, 0.15) is 65.1 Å². The molecule has 1 aromatic rings. The number of anilines is 1. The molecule has 1 rings (SSSR count). The van der Waals surface area contributed by atoms with Crippen LogP contribution < -0.4 is 5.32 Å². The molecule has 0 radical (unpaired) electrons. The van der Waals surface area contributed by atoms with Gasteiger partial charge in [-0.15, -0.1) is 0 Å². The molecule has 0 fully saturated rings. The topological polar surface area (TPSA) is 39.1 Å². The number of hydrogen-bond donors (Lipinski definition) is 1. The van der Waals surface area contributed by atoms with Crippen LogP contribution in [-0.2, 0) is 4.74 Å². The van der Waals surface area contributed by atoms with E-state index in [1.807, 2.05) is 6.92 Å². The lowest BCUT2D eigenvalue weighted by Gasteiger charge is -2.17. The summed E-state index contributed by atoms with van der Waals surface area (Å²) in [7, 11) is 0. The van der Waals surface area contributed by atoms with Crippen molar-refractivity contribution >= 4 is 5.95 Å². The highest BCUT2D eigenvalue weighted by molar-refractivity contribution is 5.29. The molecule has 122 valence electrons. The molecule has 0 bridgehead atoms. The Balaban J connectivity index is 2.45. The van der Waals surface area contributed by atoms with E-state index in [-0.39, 0.29) is 0 Å². The molecule has 0 saturated carbocycles. The smallest absolute Gasteiger partial charge is 0.203 e. The van der Waals surface area contributed by atoms with Crippen molar-refractivity contribution in [3.8, 4) is 0 Å². The lowest BCUT2D eigenvalue weighted by Crippen LogP contribution is -2.13. The molecule has 4 nitrogen and oxygen atoms in total. The Morgan fingerprint density at radius 2 is 2.00 bits per heavy atom.